The molecule has 0 spiro atoms. The first-order valence-electron chi connectivity index (χ1n) is 6.57. The Labute approximate surface area is 117 Å². The lowest BCUT2D eigenvalue weighted by atomic mass is 10.1. The van der Waals surface area contributed by atoms with Crippen molar-refractivity contribution in [3.63, 3.8) is 0 Å². The number of aromatic nitrogens is 1. The lowest BCUT2D eigenvalue weighted by Crippen LogP contribution is -1.96. The van der Waals surface area contributed by atoms with E-state index in [9.17, 15) is 4.39 Å². The molecule has 2 nitrogen and oxygen atoms in total. The molecule has 20 heavy (non-hydrogen) atoms. The van der Waals surface area contributed by atoms with Crippen LogP contribution in [-0.2, 0) is 13.7 Å². The molecule has 0 saturated carbocycles. The first kappa shape index (κ1) is 12.7. The van der Waals surface area contributed by atoms with Crippen LogP contribution in [0.5, 0.6) is 5.75 Å². The third-order valence-electron chi connectivity index (χ3n) is 3.51. The van der Waals surface area contributed by atoms with E-state index in [1.807, 2.05) is 19.3 Å². The highest BCUT2D eigenvalue weighted by molar-refractivity contribution is 5.86. The van der Waals surface area contributed by atoms with Gasteiger partial charge in [0.15, 0.2) is 11.6 Å². The number of rotatable bonds is 3. The maximum Gasteiger partial charge on any atom is 0.165 e. The van der Waals surface area contributed by atoms with Gasteiger partial charge < -0.3 is 9.30 Å². The van der Waals surface area contributed by atoms with Crippen LogP contribution in [0.1, 0.15) is 11.1 Å². The van der Waals surface area contributed by atoms with E-state index in [1.165, 1.54) is 17.1 Å². The number of nitrogens with zero attached hydrogens (tertiary/aromatic N) is 1. The zero-order valence-electron chi connectivity index (χ0n) is 11.6. The van der Waals surface area contributed by atoms with Crippen LogP contribution in [-0.4, -0.2) is 4.57 Å². The lowest BCUT2D eigenvalue weighted by Gasteiger charge is -2.06. The van der Waals surface area contributed by atoms with Gasteiger partial charge in [0, 0.05) is 24.2 Å². The molecule has 1 heterocycles. The average molecular weight is 269 g/mol. The Bertz CT molecular complexity index is 761. The standard InChI is InChI=1S/C17H16FNO/c1-12-6-5-7-14-13(10-19(2)17(12)14)11-20-16-9-4-3-8-15(16)18/h3-10H,11H2,1-2H3. The minimum atomic E-state index is -0.330. The van der Waals surface area contributed by atoms with Gasteiger partial charge in [-0.1, -0.05) is 30.3 Å². The molecule has 3 aromatic rings. The minimum absolute atomic E-state index is 0.289. The van der Waals surface area contributed by atoms with Crippen molar-refractivity contribution in [2.24, 2.45) is 7.05 Å². The molecular formula is C17H16FNO. The van der Waals surface area contributed by atoms with E-state index in [1.54, 1.807) is 18.2 Å². The first-order chi connectivity index (χ1) is 9.66. The second-order valence-electron chi connectivity index (χ2n) is 4.96. The molecule has 1 aromatic heterocycles. The summed E-state index contributed by atoms with van der Waals surface area (Å²) >= 11 is 0. The van der Waals surface area contributed by atoms with Crippen LogP contribution < -0.4 is 4.74 Å². The summed E-state index contributed by atoms with van der Waals surface area (Å²) in [6.45, 7) is 2.45. The van der Waals surface area contributed by atoms with Crippen molar-refractivity contribution in [2.45, 2.75) is 13.5 Å². The highest BCUT2D eigenvalue weighted by Gasteiger charge is 2.09. The van der Waals surface area contributed by atoms with Crippen LogP contribution >= 0.6 is 0 Å². The summed E-state index contributed by atoms with van der Waals surface area (Å²) < 4.78 is 21.2. The number of fused-ring (bicyclic) bond motifs is 1. The van der Waals surface area contributed by atoms with Gasteiger partial charge in [0.2, 0.25) is 0 Å². The van der Waals surface area contributed by atoms with Crippen LogP contribution in [0.4, 0.5) is 4.39 Å². The minimum Gasteiger partial charge on any atom is -0.486 e. The van der Waals surface area contributed by atoms with Gasteiger partial charge in [-0.3, -0.25) is 0 Å². The SMILES string of the molecule is Cc1cccc2c(COc3ccccc3F)cn(C)c12. The Morgan fingerprint density at radius 2 is 1.90 bits per heavy atom. The zero-order chi connectivity index (χ0) is 14.1. The Morgan fingerprint density at radius 3 is 2.70 bits per heavy atom. The van der Waals surface area contributed by atoms with Gasteiger partial charge in [0.25, 0.3) is 0 Å². The molecular weight excluding hydrogens is 253 g/mol. The smallest absolute Gasteiger partial charge is 0.165 e. The predicted octanol–water partition coefficient (Wildman–Crippen LogP) is 4.20. The number of ether oxygens (including phenoxy) is 1. The second-order valence-corrected chi connectivity index (χ2v) is 4.96. The molecule has 0 aliphatic heterocycles. The fourth-order valence-corrected chi connectivity index (χ4v) is 2.59. The van der Waals surface area contributed by atoms with Gasteiger partial charge in [0.05, 0.1) is 5.52 Å². The monoisotopic (exact) mass is 269 g/mol. The van der Waals surface area contributed by atoms with E-state index in [-0.39, 0.29) is 11.6 Å². The molecule has 0 amide bonds. The van der Waals surface area contributed by atoms with Crippen LogP contribution in [0.2, 0.25) is 0 Å². The highest BCUT2D eigenvalue weighted by Crippen LogP contribution is 2.25. The molecule has 102 valence electrons. The first-order valence-corrected chi connectivity index (χ1v) is 6.57. The molecule has 0 radical (unpaired) electrons. The molecule has 0 aliphatic carbocycles. The summed E-state index contributed by atoms with van der Waals surface area (Å²) in [7, 11) is 2.02. The van der Waals surface area contributed by atoms with Gasteiger partial charge in [0.1, 0.15) is 6.61 Å². The van der Waals surface area contributed by atoms with Crippen LogP contribution in [0, 0.1) is 12.7 Å². The Balaban J connectivity index is 1.93. The number of benzene rings is 2. The summed E-state index contributed by atoms with van der Waals surface area (Å²) in [5.74, 6) is -0.0407. The molecule has 0 aliphatic rings. The van der Waals surface area contributed by atoms with Crippen molar-refractivity contribution < 1.29 is 9.13 Å². The molecule has 0 bridgehead atoms. The summed E-state index contributed by atoms with van der Waals surface area (Å²) in [6.07, 6.45) is 2.04. The zero-order valence-corrected chi connectivity index (χ0v) is 11.6. The Hall–Kier alpha value is -2.29. The summed E-state index contributed by atoms with van der Waals surface area (Å²) in [5, 5.41) is 1.16. The summed E-state index contributed by atoms with van der Waals surface area (Å²) in [5.41, 5.74) is 3.48. The van der Waals surface area contributed by atoms with E-state index in [0.717, 1.165) is 10.9 Å². The van der Waals surface area contributed by atoms with Gasteiger partial charge >= 0.3 is 0 Å². The number of halogens is 1. The second kappa shape index (κ2) is 5.00. The van der Waals surface area contributed by atoms with Crippen molar-refractivity contribution in [3.8, 4) is 5.75 Å². The van der Waals surface area contributed by atoms with Gasteiger partial charge in [-0.15, -0.1) is 0 Å². The van der Waals surface area contributed by atoms with Gasteiger partial charge in [-0.2, -0.15) is 0 Å². The van der Waals surface area contributed by atoms with Crippen molar-refractivity contribution in [3.05, 3.63) is 65.6 Å². The van der Waals surface area contributed by atoms with E-state index in [4.69, 9.17) is 4.74 Å². The number of para-hydroxylation sites is 2. The predicted molar refractivity (Wildman–Crippen MR) is 78.4 cm³/mol. The molecule has 0 fully saturated rings. The largest absolute Gasteiger partial charge is 0.486 e. The lowest BCUT2D eigenvalue weighted by molar-refractivity contribution is 0.291. The molecule has 0 atom stereocenters. The molecule has 0 saturated heterocycles. The average Bonchev–Trinajstić information content (AvgIpc) is 2.76. The molecule has 3 heteroatoms. The quantitative estimate of drug-likeness (QED) is 0.695. The van der Waals surface area contributed by atoms with Crippen LogP contribution in [0.3, 0.4) is 0 Å². The topological polar surface area (TPSA) is 14.2 Å². The van der Waals surface area contributed by atoms with Crippen LogP contribution in [0.25, 0.3) is 10.9 Å². The Kier molecular flexibility index (Phi) is 3.18. The summed E-state index contributed by atoms with van der Waals surface area (Å²) in [6, 6.07) is 12.7. The van der Waals surface area contributed by atoms with E-state index in [0.29, 0.717) is 6.61 Å². The summed E-state index contributed by atoms with van der Waals surface area (Å²) in [4.78, 5) is 0. The van der Waals surface area contributed by atoms with Crippen molar-refractivity contribution >= 4 is 10.9 Å². The Morgan fingerprint density at radius 1 is 1.10 bits per heavy atom. The molecule has 2 aromatic carbocycles. The molecule has 0 N–H and O–H groups in total. The fourth-order valence-electron chi connectivity index (χ4n) is 2.59. The maximum absolute atomic E-state index is 13.5. The number of hydrogen-bond acceptors (Lipinski definition) is 1. The van der Waals surface area contributed by atoms with Crippen LogP contribution in [0.15, 0.2) is 48.7 Å². The number of hydrogen-bond donors (Lipinski definition) is 0. The maximum atomic E-state index is 13.5. The van der Waals surface area contributed by atoms with E-state index >= 15 is 0 Å². The number of aryl methyl sites for hydroxylation is 2. The van der Waals surface area contributed by atoms with Gasteiger partial charge in [-0.05, 0) is 24.6 Å². The normalized spacial score (nSPS) is 10.9. The van der Waals surface area contributed by atoms with E-state index in [2.05, 4.69) is 23.6 Å². The molecule has 3 rings (SSSR count). The molecule has 0 unspecified atom stereocenters. The van der Waals surface area contributed by atoms with Crippen molar-refractivity contribution in [1.29, 1.82) is 0 Å². The van der Waals surface area contributed by atoms with E-state index < -0.39 is 0 Å². The van der Waals surface area contributed by atoms with Crippen molar-refractivity contribution in [2.75, 3.05) is 0 Å². The third-order valence-corrected chi connectivity index (χ3v) is 3.51. The van der Waals surface area contributed by atoms with Gasteiger partial charge in [-0.25, -0.2) is 4.39 Å². The highest BCUT2D eigenvalue weighted by atomic mass is 19.1. The van der Waals surface area contributed by atoms with Crippen molar-refractivity contribution in [1.82, 2.24) is 4.57 Å². The third kappa shape index (κ3) is 2.16. The fraction of sp³-hybridized carbons (Fsp3) is 0.176.